The molecule has 0 aliphatic heterocycles. The number of hydrogen-bond donors (Lipinski definition) is 1. The maximum atomic E-state index is 14.2. The molecule has 0 aliphatic rings. The fourth-order valence-electron chi connectivity index (χ4n) is 2.48. The van der Waals surface area contributed by atoms with Gasteiger partial charge >= 0.3 is 0 Å². The van der Waals surface area contributed by atoms with Crippen LogP contribution in [0.25, 0.3) is 10.1 Å². The van der Waals surface area contributed by atoms with Crippen molar-refractivity contribution < 1.29 is 8.78 Å². The molecule has 0 atom stereocenters. The van der Waals surface area contributed by atoms with Gasteiger partial charge in [-0.15, -0.1) is 11.3 Å². The number of thiophene rings is 1. The van der Waals surface area contributed by atoms with E-state index in [1.165, 1.54) is 23.5 Å². The number of rotatable bonds is 6. The molecule has 2 aromatic rings. The van der Waals surface area contributed by atoms with Gasteiger partial charge in [0.05, 0.1) is 4.70 Å². The van der Waals surface area contributed by atoms with Gasteiger partial charge in [-0.2, -0.15) is 0 Å². The smallest absolute Gasteiger partial charge is 0.141 e. The quantitative estimate of drug-likeness (QED) is 0.780. The normalized spacial score (nSPS) is 12.0. The molecule has 1 N–H and O–H groups in total. The third kappa shape index (κ3) is 3.80. The SMILES string of the molecule is CC(C)CNCc1sc2c(F)ccc(F)c2c1CC(C)C. The van der Waals surface area contributed by atoms with Crippen molar-refractivity contribution in [3.63, 3.8) is 0 Å². The average molecular weight is 311 g/mol. The van der Waals surface area contributed by atoms with Crippen LogP contribution in [0.1, 0.15) is 38.1 Å². The lowest BCUT2D eigenvalue weighted by molar-refractivity contribution is 0.551. The summed E-state index contributed by atoms with van der Waals surface area (Å²) >= 11 is 1.38. The van der Waals surface area contributed by atoms with Crippen molar-refractivity contribution in [2.24, 2.45) is 11.8 Å². The van der Waals surface area contributed by atoms with E-state index in [0.717, 1.165) is 23.4 Å². The van der Waals surface area contributed by atoms with Crippen molar-refractivity contribution in [2.45, 2.75) is 40.7 Å². The van der Waals surface area contributed by atoms with Crippen molar-refractivity contribution in [2.75, 3.05) is 6.54 Å². The van der Waals surface area contributed by atoms with Gasteiger partial charge in [0.2, 0.25) is 0 Å². The molecular weight excluding hydrogens is 288 g/mol. The Hall–Kier alpha value is -1.00. The van der Waals surface area contributed by atoms with E-state index in [1.807, 2.05) is 0 Å². The zero-order chi connectivity index (χ0) is 15.6. The molecule has 0 amide bonds. The van der Waals surface area contributed by atoms with Gasteiger partial charge in [0.15, 0.2) is 0 Å². The Morgan fingerprint density at radius 2 is 1.71 bits per heavy atom. The fourth-order valence-corrected chi connectivity index (χ4v) is 3.70. The maximum Gasteiger partial charge on any atom is 0.141 e. The van der Waals surface area contributed by atoms with Crippen LogP contribution in [0.15, 0.2) is 12.1 Å². The highest BCUT2D eigenvalue weighted by Crippen LogP contribution is 2.36. The van der Waals surface area contributed by atoms with Gasteiger partial charge in [0, 0.05) is 16.8 Å². The van der Waals surface area contributed by atoms with E-state index in [9.17, 15) is 8.78 Å². The minimum Gasteiger partial charge on any atom is -0.312 e. The Bertz CT molecular complexity index is 617. The number of fused-ring (bicyclic) bond motifs is 1. The summed E-state index contributed by atoms with van der Waals surface area (Å²) in [7, 11) is 0. The topological polar surface area (TPSA) is 12.0 Å². The number of hydrogen-bond acceptors (Lipinski definition) is 2. The van der Waals surface area contributed by atoms with Crippen LogP contribution in [0.3, 0.4) is 0 Å². The van der Waals surface area contributed by atoms with Crippen LogP contribution in [0, 0.1) is 23.5 Å². The molecule has 1 aromatic heterocycles. The lowest BCUT2D eigenvalue weighted by Crippen LogP contribution is -2.19. The highest BCUT2D eigenvalue weighted by Gasteiger charge is 2.19. The van der Waals surface area contributed by atoms with Crippen molar-refractivity contribution in [3.8, 4) is 0 Å². The first-order valence-electron chi connectivity index (χ1n) is 7.49. The number of halogens is 2. The standard InChI is InChI=1S/C17H23F2NS/c1-10(2)7-12-15(9-20-8-11(3)4)21-17-14(19)6-5-13(18)16(12)17/h5-6,10-11,20H,7-9H2,1-4H3. The summed E-state index contributed by atoms with van der Waals surface area (Å²) in [5.41, 5.74) is 0.971. The average Bonchev–Trinajstić information content (AvgIpc) is 2.73. The Balaban J connectivity index is 2.42. The molecule has 2 rings (SSSR count). The van der Waals surface area contributed by atoms with Crippen molar-refractivity contribution in [3.05, 3.63) is 34.2 Å². The molecule has 0 aliphatic carbocycles. The first kappa shape index (κ1) is 16.4. The van der Waals surface area contributed by atoms with Crippen LogP contribution in [0.5, 0.6) is 0 Å². The Morgan fingerprint density at radius 1 is 1.05 bits per heavy atom. The first-order valence-corrected chi connectivity index (χ1v) is 8.30. The monoisotopic (exact) mass is 311 g/mol. The van der Waals surface area contributed by atoms with Crippen LogP contribution >= 0.6 is 11.3 Å². The summed E-state index contributed by atoms with van der Waals surface area (Å²) in [6.45, 7) is 10.1. The minimum absolute atomic E-state index is 0.312. The zero-order valence-electron chi connectivity index (χ0n) is 13.1. The summed E-state index contributed by atoms with van der Waals surface area (Å²) in [5.74, 6) is 0.334. The Labute approximate surface area is 129 Å². The summed E-state index contributed by atoms with van der Waals surface area (Å²) in [6, 6.07) is 2.46. The second-order valence-electron chi connectivity index (χ2n) is 6.36. The highest BCUT2D eigenvalue weighted by atomic mass is 32.1. The molecule has 0 spiro atoms. The summed E-state index contributed by atoms with van der Waals surface area (Å²) in [4.78, 5) is 1.06. The van der Waals surface area contributed by atoms with Crippen LogP contribution in [-0.2, 0) is 13.0 Å². The Morgan fingerprint density at radius 3 is 2.33 bits per heavy atom. The van der Waals surface area contributed by atoms with E-state index < -0.39 is 0 Å². The van der Waals surface area contributed by atoms with Gasteiger partial charge in [-0.3, -0.25) is 0 Å². The van der Waals surface area contributed by atoms with Crippen LogP contribution in [0.4, 0.5) is 8.78 Å². The molecule has 116 valence electrons. The van der Waals surface area contributed by atoms with E-state index >= 15 is 0 Å². The van der Waals surface area contributed by atoms with Gasteiger partial charge in [-0.05, 0) is 42.5 Å². The lowest BCUT2D eigenvalue weighted by atomic mass is 9.99. The molecule has 1 heterocycles. The predicted octanol–water partition coefficient (Wildman–Crippen LogP) is 5.12. The summed E-state index contributed by atoms with van der Waals surface area (Å²) in [5, 5.41) is 3.86. The predicted molar refractivity (Wildman–Crippen MR) is 86.8 cm³/mol. The van der Waals surface area contributed by atoms with Crippen molar-refractivity contribution in [1.82, 2.24) is 5.32 Å². The molecular formula is C17H23F2NS. The summed E-state index contributed by atoms with van der Waals surface area (Å²) in [6.07, 6.45) is 0.777. The molecule has 0 saturated carbocycles. The second kappa shape index (κ2) is 6.84. The second-order valence-corrected chi connectivity index (χ2v) is 7.47. The third-order valence-electron chi connectivity index (χ3n) is 3.37. The van der Waals surface area contributed by atoms with Crippen molar-refractivity contribution >= 4 is 21.4 Å². The van der Waals surface area contributed by atoms with E-state index in [2.05, 4.69) is 33.0 Å². The highest BCUT2D eigenvalue weighted by molar-refractivity contribution is 7.19. The molecule has 0 unspecified atom stereocenters. The van der Waals surface area contributed by atoms with Gasteiger partial charge in [-0.25, -0.2) is 8.78 Å². The maximum absolute atomic E-state index is 14.2. The zero-order valence-corrected chi connectivity index (χ0v) is 13.9. The molecule has 1 nitrogen and oxygen atoms in total. The number of nitrogens with one attached hydrogen (secondary N) is 1. The van der Waals surface area contributed by atoms with E-state index in [-0.39, 0.29) is 11.6 Å². The van der Waals surface area contributed by atoms with E-state index in [0.29, 0.717) is 28.5 Å². The molecule has 0 saturated heterocycles. The van der Waals surface area contributed by atoms with E-state index in [4.69, 9.17) is 0 Å². The minimum atomic E-state index is -0.323. The van der Waals surface area contributed by atoms with Crippen LogP contribution in [0.2, 0.25) is 0 Å². The molecule has 0 radical (unpaired) electrons. The first-order chi connectivity index (χ1) is 9.90. The van der Waals surface area contributed by atoms with E-state index in [1.54, 1.807) is 0 Å². The molecule has 0 fully saturated rings. The number of benzene rings is 1. The fraction of sp³-hybridized carbons (Fsp3) is 0.529. The molecule has 1 aromatic carbocycles. The van der Waals surface area contributed by atoms with Gasteiger partial charge < -0.3 is 5.32 Å². The lowest BCUT2D eigenvalue weighted by Gasteiger charge is -2.10. The Kier molecular flexibility index (Phi) is 5.33. The van der Waals surface area contributed by atoms with Crippen molar-refractivity contribution in [1.29, 1.82) is 0 Å². The largest absolute Gasteiger partial charge is 0.312 e. The van der Waals surface area contributed by atoms with Gasteiger partial charge in [0.25, 0.3) is 0 Å². The summed E-state index contributed by atoms with van der Waals surface area (Å²) < 4.78 is 28.6. The van der Waals surface area contributed by atoms with Crippen LogP contribution in [-0.4, -0.2) is 6.54 Å². The molecule has 0 bridgehead atoms. The third-order valence-corrected chi connectivity index (χ3v) is 4.61. The van der Waals surface area contributed by atoms with Gasteiger partial charge in [0.1, 0.15) is 11.6 Å². The van der Waals surface area contributed by atoms with Crippen LogP contribution < -0.4 is 5.32 Å². The molecule has 21 heavy (non-hydrogen) atoms. The van der Waals surface area contributed by atoms with Gasteiger partial charge in [-0.1, -0.05) is 27.7 Å². The molecule has 4 heteroatoms.